The molecule has 2 aromatic rings. The Labute approximate surface area is 218 Å². The van der Waals surface area contributed by atoms with Gasteiger partial charge in [0.1, 0.15) is 5.82 Å². The fourth-order valence-corrected chi connectivity index (χ4v) is 4.44. The molecule has 1 aliphatic rings. The highest BCUT2D eigenvalue weighted by molar-refractivity contribution is 6.02. The SMILES string of the molecule is CCN(CC)C(=O)c1cc(NC(=O)CC(C)C)ccc1N1CCCN(C(=O)Nc2ccccc2F)CC1. The van der Waals surface area contributed by atoms with E-state index in [1.807, 2.05) is 39.8 Å². The number of amides is 4. The van der Waals surface area contributed by atoms with E-state index >= 15 is 0 Å². The minimum absolute atomic E-state index is 0.0877. The Balaban J connectivity index is 1.80. The van der Waals surface area contributed by atoms with Gasteiger partial charge in [-0.3, -0.25) is 9.59 Å². The first-order valence-corrected chi connectivity index (χ1v) is 13.0. The normalized spacial score (nSPS) is 13.8. The summed E-state index contributed by atoms with van der Waals surface area (Å²) in [5.41, 5.74) is 2.03. The lowest BCUT2D eigenvalue weighted by atomic mass is 10.1. The minimum atomic E-state index is -0.479. The van der Waals surface area contributed by atoms with Gasteiger partial charge in [0.05, 0.1) is 11.3 Å². The molecular weight excluding hydrogens is 473 g/mol. The van der Waals surface area contributed by atoms with Crippen LogP contribution in [0.25, 0.3) is 0 Å². The average Bonchev–Trinajstić information content (AvgIpc) is 3.12. The molecule has 2 N–H and O–H groups in total. The van der Waals surface area contributed by atoms with Crippen LogP contribution >= 0.6 is 0 Å². The number of hydrogen-bond acceptors (Lipinski definition) is 4. The molecule has 4 amide bonds. The average molecular weight is 512 g/mol. The van der Waals surface area contributed by atoms with Crippen LogP contribution in [-0.4, -0.2) is 66.9 Å². The fourth-order valence-electron chi connectivity index (χ4n) is 4.44. The lowest BCUT2D eigenvalue weighted by molar-refractivity contribution is -0.116. The van der Waals surface area contributed by atoms with E-state index in [-0.39, 0.29) is 29.5 Å². The first kappa shape index (κ1) is 28.0. The first-order chi connectivity index (χ1) is 17.7. The molecule has 1 fully saturated rings. The number of hydrogen-bond donors (Lipinski definition) is 2. The van der Waals surface area contributed by atoms with Gasteiger partial charge in [0.15, 0.2) is 0 Å². The molecule has 0 radical (unpaired) electrons. The third kappa shape index (κ3) is 7.44. The van der Waals surface area contributed by atoms with Gasteiger partial charge in [-0.2, -0.15) is 0 Å². The van der Waals surface area contributed by atoms with Crippen molar-refractivity contribution in [2.75, 3.05) is 54.8 Å². The molecule has 1 heterocycles. The van der Waals surface area contributed by atoms with Gasteiger partial charge in [0.2, 0.25) is 5.91 Å². The van der Waals surface area contributed by atoms with Crippen molar-refractivity contribution in [3.63, 3.8) is 0 Å². The molecule has 1 saturated heterocycles. The quantitative estimate of drug-likeness (QED) is 0.520. The summed E-state index contributed by atoms with van der Waals surface area (Å²) < 4.78 is 14.0. The van der Waals surface area contributed by atoms with Crippen molar-refractivity contribution in [3.05, 3.63) is 53.8 Å². The predicted octanol–water partition coefficient (Wildman–Crippen LogP) is 5.04. The van der Waals surface area contributed by atoms with Crippen LogP contribution < -0.4 is 15.5 Å². The molecule has 0 atom stereocenters. The van der Waals surface area contributed by atoms with Crippen LogP contribution in [0.1, 0.15) is 50.9 Å². The van der Waals surface area contributed by atoms with Crippen LogP contribution in [0.5, 0.6) is 0 Å². The van der Waals surface area contributed by atoms with Crippen molar-refractivity contribution in [2.24, 2.45) is 5.92 Å². The van der Waals surface area contributed by atoms with Gasteiger partial charge in [-0.15, -0.1) is 0 Å². The van der Waals surface area contributed by atoms with E-state index < -0.39 is 5.82 Å². The van der Waals surface area contributed by atoms with Gasteiger partial charge >= 0.3 is 6.03 Å². The van der Waals surface area contributed by atoms with E-state index in [0.717, 1.165) is 5.69 Å². The first-order valence-electron chi connectivity index (χ1n) is 13.0. The van der Waals surface area contributed by atoms with E-state index in [2.05, 4.69) is 15.5 Å². The van der Waals surface area contributed by atoms with E-state index in [0.29, 0.717) is 63.4 Å². The third-order valence-electron chi connectivity index (χ3n) is 6.39. The molecule has 0 spiro atoms. The molecule has 1 aliphatic heterocycles. The number of nitrogens with zero attached hydrogens (tertiary/aromatic N) is 3. The monoisotopic (exact) mass is 511 g/mol. The maximum atomic E-state index is 14.0. The molecule has 200 valence electrons. The molecule has 9 heteroatoms. The number of carbonyl (C=O) groups excluding carboxylic acids is 3. The number of benzene rings is 2. The van der Waals surface area contributed by atoms with Crippen molar-refractivity contribution in [2.45, 2.75) is 40.5 Å². The Bertz CT molecular complexity index is 1100. The number of nitrogens with one attached hydrogen (secondary N) is 2. The number of rotatable bonds is 8. The highest BCUT2D eigenvalue weighted by Gasteiger charge is 2.25. The van der Waals surface area contributed by atoms with Crippen LogP contribution in [0.2, 0.25) is 0 Å². The predicted molar refractivity (Wildman–Crippen MR) is 146 cm³/mol. The maximum absolute atomic E-state index is 14.0. The summed E-state index contributed by atoms with van der Waals surface area (Å²) in [7, 11) is 0. The number of anilines is 3. The summed E-state index contributed by atoms with van der Waals surface area (Å²) in [5, 5.41) is 5.57. The molecule has 0 aromatic heterocycles. The number of halogens is 1. The Morgan fingerprint density at radius 2 is 1.70 bits per heavy atom. The smallest absolute Gasteiger partial charge is 0.321 e. The number of urea groups is 1. The second kappa shape index (κ2) is 13.1. The summed E-state index contributed by atoms with van der Waals surface area (Å²) >= 11 is 0. The molecule has 0 unspecified atom stereocenters. The minimum Gasteiger partial charge on any atom is -0.369 e. The standard InChI is InChI=1S/C28H38FN5O3/c1-5-32(6-2)27(36)22-19-21(30-26(35)18-20(3)4)12-13-25(22)33-14-9-15-34(17-16-33)28(37)31-24-11-8-7-10-23(24)29/h7-8,10-13,19-20H,5-6,9,14-18H2,1-4H3,(H,30,35)(H,31,37). The summed E-state index contributed by atoms with van der Waals surface area (Å²) in [6, 6.07) is 11.2. The Hall–Kier alpha value is -3.62. The van der Waals surface area contributed by atoms with Crippen molar-refractivity contribution in [1.82, 2.24) is 9.80 Å². The molecular formula is C28H38FN5O3. The zero-order valence-electron chi connectivity index (χ0n) is 22.2. The van der Waals surface area contributed by atoms with Crippen molar-refractivity contribution in [3.8, 4) is 0 Å². The third-order valence-corrected chi connectivity index (χ3v) is 6.39. The van der Waals surface area contributed by atoms with Gasteiger partial charge in [-0.1, -0.05) is 26.0 Å². The molecule has 8 nitrogen and oxygen atoms in total. The fraction of sp³-hybridized carbons (Fsp3) is 0.464. The molecule has 0 aliphatic carbocycles. The molecule has 3 rings (SSSR count). The summed E-state index contributed by atoms with van der Waals surface area (Å²) in [6.07, 6.45) is 1.09. The van der Waals surface area contributed by atoms with Crippen LogP contribution in [0.15, 0.2) is 42.5 Å². The van der Waals surface area contributed by atoms with E-state index in [1.165, 1.54) is 12.1 Å². The lowest BCUT2D eigenvalue weighted by Gasteiger charge is -2.28. The highest BCUT2D eigenvalue weighted by Crippen LogP contribution is 2.28. The van der Waals surface area contributed by atoms with Gasteiger partial charge in [-0.25, -0.2) is 9.18 Å². The number of para-hydroxylation sites is 1. The number of carbonyl (C=O) groups is 3. The topological polar surface area (TPSA) is 85.0 Å². The van der Waals surface area contributed by atoms with Crippen molar-refractivity contribution in [1.29, 1.82) is 0 Å². The molecule has 2 aromatic carbocycles. The molecule has 0 saturated carbocycles. The zero-order chi connectivity index (χ0) is 26.9. The highest BCUT2D eigenvalue weighted by atomic mass is 19.1. The largest absolute Gasteiger partial charge is 0.369 e. The van der Waals surface area contributed by atoms with E-state index in [4.69, 9.17) is 0 Å². The van der Waals surface area contributed by atoms with Crippen LogP contribution in [0.3, 0.4) is 0 Å². The van der Waals surface area contributed by atoms with Gasteiger partial charge in [0, 0.05) is 57.1 Å². The molecule has 0 bridgehead atoms. The van der Waals surface area contributed by atoms with Gasteiger partial charge < -0.3 is 25.3 Å². The van der Waals surface area contributed by atoms with Crippen molar-refractivity contribution < 1.29 is 18.8 Å². The lowest BCUT2D eigenvalue weighted by Crippen LogP contribution is -2.38. The van der Waals surface area contributed by atoms with Gasteiger partial charge in [-0.05, 0) is 56.5 Å². The second-order valence-corrected chi connectivity index (χ2v) is 9.59. The van der Waals surface area contributed by atoms with Crippen LogP contribution in [0, 0.1) is 11.7 Å². The summed E-state index contributed by atoms with van der Waals surface area (Å²) in [4.78, 5) is 44.1. The van der Waals surface area contributed by atoms with Gasteiger partial charge in [0.25, 0.3) is 5.91 Å². The maximum Gasteiger partial charge on any atom is 0.321 e. The Morgan fingerprint density at radius 3 is 2.38 bits per heavy atom. The van der Waals surface area contributed by atoms with Crippen LogP contribution in [0.4, 0.5) is 26.2 Å². The Morgan fingerprint density at radius 1 is 0.973 bits per heavy atom. The van der Waals surface area contributed by atoms with Crippen LogP contribution in [-0.2, 0) is 4.79 Å². The zero-order valence-corrected chi connectivity index (χ0v) is 22.2. The van der Waals surface area contributed by atoms with Crippen molar-refractivity contribution >= 4 is 34.9 Å². The summed E-state index contributed by atoms with van der Waals surface area (Å²) in [6.45, 7) is 11.1. The molecule has 37 heavy (non-hydrogen) atoms. The second-order valence-electron chi connectivity index (χ2n) is 9.59. The Kier molecular flexibility index (Phi) is 9.88. The summed E-state index contributed by atoms with van der Waals surface area (Å²) in [5.74, 6) is -0.437. The van der Waals surface area contributed by atoms with E-state index in [9.17, 15) is 18.8 Å². The van der Waals surface area contributed by atoms with E-state index in [1.54, 1.807) is 28.0 Å².